The molecule has 3 heteroatoms. The Bertz CT molecular complexity index is 657. The molecular weight excluding hydrogens is 516 g/mol. The molecule has 0 radical (unpaired) electrons. The van der Waals surface area contributed by atoms with Crippen LogP contribution in [0.3, 0.4) is 0 Å². The Balaban J connectivity index is 2.18. The van der Waals surface area contributed by atoms with Gasteiger partial charge in [0.15, 0.2) is 0 Å². The largest absolute Gasteiger partial charge is 0.308 e. The summed E-state index contributed by atoms with van der Waals surface area (Å²) in [6, 6.07) is 0. The Morgan fingerprint density at radius 3 is 1.59 bits per heavy atom. The first-order valence-electron chi connectivity index (χ1n) is 18.4. The van der Waals surface area contributed by atoms with Crippen LogP contribution in [0.5, 0.6) is 0 Å². The van der Waals surface area contributed by atoms with Gasteiger partial charge >= 0.3 is 0 Å². The molecule has 0 saturated carbocycles. The summed E-state index contributed by atoms with van der Waals surface area (Å²) in [7, 11) is -0.753. The highest BCUT2D eigenvalue weighted by Crippen LogP contribution is 2.54. The maximum atomic E-state index is 7.71. The van der Waals surface area contributed by atoms with Crippen LogP contribution in [0.1, 0.15) is 181 Å². The summed E-state index contributed by atoms with van der Waals surface area (Å²) < 4.78 is 0. The van der Waals surface area contributed by atoms with Gasteiger partial charge in [-0.1, -0.05) is 174 Å². The Kier molecular flexibility index (Phi) is 25.4. The molecule has 2 atom stereocenters. The van der Waals surface area contributed by atoms with Crippen LogP contribution in [0.4, 0.5) is 0 Å². The molecule has 0 aromatic rings. The van der Waals surface area contributed by atoms with Crippen LogP contribution in [0.25, 0.3) is 0 Å². The summed E-state index contributed by atoms with van der Waals surface area (Å²) >= 11 is 0. The molecule has 1 heterocycles. The monoisotopic (exact) mass is 591 g/mol. The van der Waals surface area contributed by atoms with Gasteiger partial charge in [0.2, 0.25) is 0 Å². The lowest BCUT2D eigenvalue weighted by Gasteiger charge is -2.47. The van der Waals surface area contributed by atoms with Crippen molar-refractivity contribution < 1.29 is 0 Å². The average molecular weight is 591 g/mol. The Labute approximate surface area is 260 Å². The van der Waals surface area contributed by atoms with E-state index in [4.69, 9.17) is 5.41 Å². The van der Waals surface area contributed by atoms with Crippen molar-refractivity contribution in [2.24, 2.45) is 0 Å². The third kappa shape index (κ3) is 20.1. The van der Waals surface area contributed by atoms with Gasteiger partial charge in [-0.2, -0.15) is 0 Å². The highest BCUT2D eigenvalue weighted by molar-refractivity contribution is 8.33. The predicted molar refractivity (Wildman–Crippen MR) is 192 cm³/mol. The van der Waals surface area contributed by atoms with Gasteiger partial charge in [-0.3, -0.25) is 0 Å². The number of unbranched alkanes of at least 4 members (excludes halogenated alkanes) is 22. The van der Waals surface area contributed by atoms with Gasteiger partial charge in [0.1, 0.15) is 0 Å². The zero-order valence-corrected chi connectivity index (χ0v) is 29.2. The molecule has 2 N–H and O–H groups in total. The molecule has 0 aromatic carbocycles. The van der Waals surface area contributed by atoms with Gasteiger partial charge in [-0.15, -0.1) is 0 Å². The normalized spacial score (nSPS) is 19.4. The summed E-state index contributed by atoms with van der Waals surface area (Å²) in [5.41, 5.74) is 2.29. The second-order valence-electron chi connectivity index (χ2n) is 13.4. The Morgan fingerprint density at radius 1 is 0.732 bits per heavy atom. The van der Waals surface area contributed by atoms with E-state index in [1.165, 1.54) is 191 Å². The van der Waals surface area contributed by atoms with Crippen molar-refractivity contribution >= 4 is 16.2 Å². The third-order valence-electron chi connectivity index (χ3n) is 9.46. The molecule has 0 bridgehead atoms. The Hall–Kier alpha value is -0.540. The fraction of sp³-hybridized carbons (Fsp3) is 0.868. The second kappa shape index (κ2) is 27.0. The van der Waals surface area contributed by atoms with Gasteiger partial charge in [0.25, 0.3) is 0 Å². The molecule has 2 unspecified atom stereocenters. The first-order chi connectivity index (χ1) is 20.1. The van der Waals surface area contributed by atoms with Crippen LogP contribution in [-0.2, 0) is 0 Å². The molecule has 0 aliphatic carbocycles. The molecule has 1 rings (SSSR count). The molecule has 242 valence electrons. The smallest absolute Gasteiger partial charge is 0.0377 e. The van der Waals surface area contributed by atoms with Crippen molar-refractivity contribution in [3.05, 3.63) is 23.8 Å². The van der Waals surface area contributed by atoms with Crippen LogP contribution < -0.4 is 5.32 Å². The van der Waals surface area contributed by atoms with Gasteiger partial charge in [-0.05, 0) is 49.0 Å². The molecule has 0 aromatic heterocycles. The minimum Gasteiger partial charge on any atom is -0.308 e. The van der Waals surface area contributed by atoms with E-state index >= 15 is 0 Å². The zero-order valence-electron chi connectivity index (χ0n) is 28.4. The van der Waals surface area contributed by atoms with Crippen LogP contribution in [-0.4, -0.2) is 35.9 Å². The van der Waals surface area contributed by atoms with E-state index in [0.29, 0.717) is 5.37 Å². The molecule has 1 aliphatic rings. The van der Waals surface area contributed by atoms with E-state index < -0.39 is 10.0 Å². The lowest BCUT2D eigenvalue weighted by atomic mass is 10.0. The Morgan fingerprint density at radius 2 is 1.15 bits per heavy atom. The highest BCUT2D eigenvalue weighted by Gasteiger charge is 2.31. The van der Waals surface area contributed by atoms with Crippen LogP contribution in [0.2, 0.25) is 0 Å². The number of nitrogens with one attached hydrogen (secondary N) is 2. The van der Waals surface area contributed by atoms with E-state index in [-0.39, 0.29) is 0 Å². The molecule has 0 amide bonds. The van der Waals surface area contributed by atoms with Crippen molar-refractivity contribution in [1.82, 2.24) is 5.32 Å². The summed E-state index contributed by atoms with van der Waals surface area (Å²) in [4.78, 5) is 0. The number of hydrogen-bond acceptors (Lipinski definition) is 2. The summed E-state index contributed by atoms with van der Waals surface area (Å²) in [6.45, 7) is 9.96. The van der Waals surface area contributed by atoms with E-state index in [1.807, 2.05) is 0 Å². The van der Waals surface area contributed by atoms with E-state index in [2.05, 4.69) is 38.1 Å². The first-order valence-corrected chi connectivity index (χ1v) is 20.9. The van der Waals surface area contributed by atoms with Crippen molar-refractivity contribution in [3.63, 3.8) is 0 Å². The van der Waals surface area contributed by atoms with Gasteiger partial charge in [0, 0.05) is 17.3 Å². The average Bonchev–Trinajstić information content (AvgIpc) is 2.98. The number of rotatable bonds is 30. The molecule has 1 aliphatic heterocycles. The van der Waals surface area contributed by atoms with Crippen molar-refractivity contribution in [2.45, 2.75) is 186 Å². The second-order valence-corrected chi connectivity index (χ2v) is 17.4. The SMILES string of the molecule is C=C(C=N)C1=CCCS(C)(C(CCCCCCCCC)NCCCCCCCCCCCCCCCCCCC)C1. The minimum absolute atomic E-state index is 0.668. The molecule has 0 fully saturated rings. The quantitative estimate of drug-likeness (QED) is 0.0633. The lowest BCUT2D eigenvalue weighted by Crippen LogP contribution is -2.38. The van der Waals surface area contributed by atoms with Gasteiger partial charge < -0.3 is 10.7 Å². The molecule has 0 spiro atoms. The maximum absolute atomic E-state index is 7.71. The van der Waals surface area contributed by atoms with E-state index in [1.54, 1.807) is 0 Å². The molecule has 41 heavy (non-hydrogen) atoms. The number of allylic oxidation sites excluding steroid dienone is 2. The van der Waals surface area contributed by atoms with Gasteiger partial charge in [0.05, 0.1) is 0 Å². The summed E-state index contributed by atoms with van der Waals surface area (Å²) in [5.74, 6) is 2.50. The van der Waals surface area contributed by atoms with Gasteiger partial charge in [-0.25, -0.2) is 10.0 Å². The van der Waals surface area contributed by atoms with Crippen LogP contribution in [0, 0.1) is 5.41 Å². The van der Waals surface area contributed by atoms with Crippen molar-refractivity contribution in [3.8, 4) is 0 Å². The van der Waals surface area contributed by atoms with Crippen molar-refractivity contribution in [2.75, 3.05) is 24.3 Å². The third-order valence-corrected chi connectivity index (χ3v) is 13.4. The minimum atomic E-state index is -0.753. The van der Waals surface area contributed by atoms with Crippen LogP contribution >= 0.6 is 10.0 Å². The van der Waals surface area contributed by atoms with E-state index in [0.717, 1.165) is 11.3 Å². The standard InChI is InChI=1S/C38H74N2S/c1-5-7-9-11-13-14-15-16-17-18-19-20-21-22-24-26-28-32-40-38(31-27-25-23-12-10-8-6-2)41(4)33-29-30-37(35-41)36(3)34-39/h30,34,38-40H,3,5-29,31-33,35H2,1-2,4H3. The maximum Gasteiger partial charge on any atom is 0.0377 e. The number of hydrogen-bond donors (Lipinski definition) is 2. The molecular formula is C38H74N2S. The highest BCUT2D eigenvalue weighted by atomic mass is 32.3. The van der Waals surface area contributed by atoms with E-state index in [9.17, 15) is 0 Å². The summed E-state index contributed by atoms with van der Waals surface area (Å²) in [6.07, 6.45) is 43.1. The van der Waals surface area contributed by atoms with Crippen LogP contribution in [0.15, 0.2) is 23.8 Å². The van der Waals surface area contributed by atoms with Crippen molar-refractivity contribution in [1.29, 1.82) is 5.41 Å². The fourth-order valence-corrected chi connectivity index (χ4v) is 10.1. The predicted octanol–water partition coefficient (Wildman–Crippen LogP) is 12.7. The molecule has 0 saturated heterocycles. The zero-order chi connectivity index (χ0) is 29.9. The first kappa shape index (κ1) is 38.5. The topological polar surface area (TPSA) is 35.9 Å². The lowest BCUT2D eigenvalue weighted by molar-refractivity contribution is 0.507. The molecule has 2 nitrogen and oxygen atoms in total. The summed E-state index contributed by atoms with van der Waals surface area (Å²) in [5, 5.41) is 12.5. The fourth-order valence-electron chi connectivity index (χ4n) is 6.54.